The molecule has 0 saturated carbocycles. The van der Waals surface area contributed by atoms with Crippen LogP contribution in [0.25, 0.3) is 11.5 Å². The van der Waals surface area contributed by atoms with Gasteiger partial charge in [-0.1, -0.05) is 53.1 Å². The highest BCUT2D eigenvalue weighted by Crippen LogP contribution is 2.23. The summed E-state index contributed by atoms with van der Waals surface area (Å²) in [6.07, 6.45) is 0. The van der Waals surface area contributed by atoms with Crippen LogP contribution in [0, 0.1) is 0 Å². The number of nitrogens with one attached hydrogen (secondary N) is 1. The average Bonchev–Trinajstić information content (AvgIpc) is 3.28. The molecule has 4 aromatic rings. The minimum absolute atomic E-state index is 0.0820. The Morgan fingerprint density at radius 2 is 1.73 bits per heavy atom. The van der Waals surface area contributed by atoms with Gasteiger partial charge < -0.3 is 4.42 Å². The minimum atomic E-state index is -3.72. The van der Waals surface area contributed by atoms with Crippen LogP contribution in [0.5, 0.6) is 0 Å². The predicted molar refractivity (Wildman–Crippen MR) is 124 cm³/mol. The third-order valence-electron chi connectivity index (χ3n) is 4.79. The number of anilines is 1. The molecule has 1 aromatic heterocycles. The molecule has 8 nitrogen and oxygen atoms in total. The number of carbonyl (C=O) groups is 1. The van der Waals surface area contributed by atoms with Crippen molar-refractivity contribution >= 4 is 33.5 Å². The van der Waals surface area contributed by atoms with E-state index in [1.165, 1.54) is 35.6 Å². The third kappa shape index (κ3) is 5.28. The molecule has 168 valence electrons. The quantitative estimate of drug-likeness (QED) is 0.417. The Labute approximate surface area is 195 Å². The Hall–Kier alpha value is -3.53. The molecule has 1 amide bonds. The van der Waals surface area contributed by atoms with Gasteiger partial charge in [-0.15, -0.1) is 5.10 Å². The zero-order valence-electron chi connectivity index (χ0n) is 17.5. The topological polar surface area (TPSA) is 105 Å². The number of nitrogens with zero attached hydrogens (tertiary/aromatic N) is 3. The van der Waals surface area contributed by atoms with Crippen LogP contribution in [0.1, 0.15) is 15.9 Å². The maximum Gasteiger partial charge on any atom is 0.322 e. The number of amides is 1. The lowest BCUT2D eigenvalue weighted by molar-refractivity contribution is 0.102. The van der Waals surface area contributed by atoms with Gasteiger partial charge in [0.05, 0.1) is 4.90 Å². The van der Waals surface area contributed by atoms with E-state index in [1.54, 1.807) is 24.3 Å². The van der Waals surface area contributed by atoms with Gasteiger partial charge in [-0.25, -0.2) is 8.42 Å². The van der Waals surface area contributed by atoms with E-state index in [4.69, 9.17) is 16.0 Å². The molecule has 1 N–H and O–H groups in total. The molecule has 33 heavy (non-hydrogen) atoms. The van der Waals surface area contributed by atoms with Gasteiger partial charge in [0.2, 0.25) is 15.9 Å². The summed E-state index contributed by atoms with van der Waals surface area (Å²) < 4.78 is 32.4. The average molecular weight is 483 g/mol. The van der Waals surface area contributed by atoms with Crippen molar-refractivity contribution in [2.75, 3.05) is 12.4 Å². The summed E-state index contributed by atoms with van der Waals surface area (Å²) in [4.78, 5) is 12.6. The SMILES string of the molecule is CN(Cc1ccccc1)S(=O)(=O)c1ccc(C(=O)Nc2nnc(-c3cccc(Cl)c3)o2)cc1. The van der Waals surface area contributed by atoms with Gasteiger partial charge in [-0.2, -0.15) is 4.31 Å². The zero-order chi connectivity index (χ0) is 23.4. The fourth-order valence-corrected chi connectivity index (χ4v) is 4.41. The number of aromatic nitrogens is 2. The Kier molecular flexibility index (Phi) is 6.55. The number of carbonyl (C=O) groups excluding carboxylic acids is 1. The molecule has 0 aliphatic heterocycles. The summed E-state index contributed by atoms with van der Waals surface area (Å²) in [5.74, 6) is -0.312. The van der Waals surface area contributed by atoms with Crippen molar-refractivity contribution in [1.29, 1.82) is 0 Å². The van der Waals surface area contributed by atoms with E-state index in [-0.39, 0.29) is 28.9 Å². The van der Waals surface area contributed by atoms with Gasteiger partial charge in [0.15, 0.2) is 0 Å². The molecule has 0 unspecified atom stereocenters. The van der Waals surface area contributed by atoms with Crippen molar-refractivity contribution in [2.45, 2.75) is 11.4 Å². The highest BCUT2D eigenvalue weighted by molar-refractivity contribution is 7.89. The van der Waals surface area contributed by atoms with Gasteiger partial charge in [0.25, 0.3) is 5.91 Å². The molecule has 0 saturated heterocycles. The van der Waals surface area contributed by atoms with Crippen LogP contribution in [0.15, 0.2) is 88.2 Å². The van der Waals surface area contributed by atoms with Crippen LogP contribution >= 0.6 is 11.6 Å². The van der Waals surface area contributed by atoms with Crippen molar-refractivity contribution < 1.29 is 17.6 Å². The van der Waals surface area contributed by atoms with Crippen LogP contribution in [0.3, 0.4) is 0 Å². The van der Waals surface area contributed by atoms with E-state index >= 15 is 0 Å². The van der Waals surface area contributed by atoms with Gasteiger partial charge in [0.1, 0.15) is 0 Å². The van der Waals surface area contributed by atoms with Crippen LogP contribution in [-0.2, 0) is 16.6 Å². The van der Waals surface area contributed by atoms with E-state index in [1.807, 2.05) is 30.3 Å². The fourth-order valence-electron chi connectivity index (χ4n) is 3.06. The van der Waals surface area contributed by atoms with Crippen LogP contribution < -0.4 is 5.32 Å². The molecule has 10 heteroatoms. The first-order valence-corrected chi connectivity index (χ1v) is 11.7. The summed E-state index contributed by atoms with van der Waals surface area (Å²) in [7, 11) is -2.21. The highest BCUT2D eigenvalue weighted by Gasteiger charge is 2.21. The molecule has 0 spiro atoms. The van der Waals surface area contributed by atoms with Crippen molar-refractivity contribution in [1.82, 2.24) is 14.5 Å². The van der Waals surface area contributed by atoms with E-state index in [0.717, 1.165) is 5.56 Å². The largest absolute Gasteiger partial charge is 0.403 e. The summed E-state index contributed by atoms with van der Waals surface area (Å²) in [5, 5.41) is 10.7. The zero-order valence-corrected chi connectivity index (χ0v) is 19.0. The summed E-state index contributed by atoms with van der Waals surface area (Å²) in [6.45, 7) is 0.234. The minimum Gasteiger partial charge on any atom is -0.403 e. The highest BCUT2D eigenvalue weighted by atomic mass is 35.5. The fraction of sp³-hybridized carbons (Fsp3) is 0.0870. The molecular formula is C23H19ClN4O4S. The van der Waals surface area contributed by atoms with E-state index in [0.29, 0.717) is 10.6 Å². The molecule has 1 heterocycles. The first-order chi connectivity index (χ1) is 15.8. The van der Waals surface area contributed by atoms with Crippen LogP contribution in [0.4, 0.5) is 6.01 Å². The molecule has 0 radical (unpaired) electrons. The van der Waals surface area contributed by atoms with Crippen LogP contribution in [-0.4, -0.2) is 35.9 Å². The second-order valence-electron chi connectivity index (χ2n) is 7.15. The number of benzene rings is 3. The van der Waals surface area contributed by atoms with Crippen molar-refractivity contribution in [3.63, 3.8) is 0 Å². The molecule has 0 atom stereocenters. The first-order valence-electron chi connectivity index (χ1n) is 9.84. The smallest absolute Gasteiger partial charge is 0.322 e. The van der Waals surface area contributed by atoms with Crippen molar-refractivity contribution in [3.8, 4) is 11.5 Å². The van der Waals surface area contributed by atoms with E-state index in [2.05, 4.69) is 15.5 Å². The lowest BCUT2D eigenvalue weighted by Gasteiger charge is -2.17. The Morgan fingerprint density at radius 1 is 1.00 bits per heavy atom. The standard InChI is InChI=1S/C23H19ClN4O4S/c1-28(15-16-6-3-2-4-7-16)33(30,31)20-12-10-17(11-13-20)21(29)25-23-27-26-22(32-23)18-8-5-9-19(24)14-18/h2-14H,15H2,1H3,(H,25,27,29). The predicted octanol–water partition coefficient (Wildman–Crippen LogP) is 4.46. The monoisotopic (exact) mass is 482 g/mol. The maximum atomic E-state index is 12.9. The maximum absolute atomic E-state index is 12.9. The normalized spacial score (nSPS) is 11.5. The Balaban J connectivity index is 1.44. The molecule has 0 aliphatic carbocycles. The molecule has 0 bridgehead atoms. The second-order valence-corrected chi connectivity index (χ2v) is 9.63. The number of hydrogen-bond donors (Lipinski definition) is 1. The summed E-state index contributed by atoms with van der Waals surface area (Å²) >= 11 is 5.97. The number of halogens is 1. The van der Waals surface area contributed by atoms with Gasteiger partial charge in [0, 0.05) is 29.7 Å². The Bertz CT molecular complexity index is 1370. The van der Waals surface area contributed by atoms with Crippen molar-refractivity contribution in [2.24, 2.45) is 0 Å². The van der Waals surface area contributed by atoms with Crippen molar-refractivity contribution in [3.05, 3.63) is 95.0 Å². The third-order valence-corrected chi connectivity index (χ3v) is 6.84. The Morgan fingerprint density at radius 3 is 2.42 bits per heavy atom. The van der Waals surface area contributed by atoms with E-state index < -0.39 is 15.9 Å². The van der Waals surface area contributed by atoms with Crippen LogP contribution in [0.2, 0.25) is 5.02 Å². The summed E-state index contributed by atoms with van der Waals surface area (Å²) in [6, 6.07) is 21.7. The number of hydrogen-bond acceptors (Lipinski definition) is 6. The number of rotatable bonds is 7. The lowest BCUT2D eigenvalue weighted by Crippen LogP contribution is -2.26. The molecule has 3 aromatic carbocycles. The molecule has 0 fully saturated rings. The van der Waals surface area contributed by atoms with Gasteiger partial charge in [-0.3, -0.25) is 10.1 Å². The lowest BCUT2D eigenvalue weighted by atomic mass is 10.2. The molecule has 0 aliphatic rings. The molecule has 4 rings (SSSR count). The molecular weight excluding hydrogens is 464 g/mol. The van der Waals surface area contributed by atoms with Gasteiger partial charge in [-0.05, 0) is 48.0 Å². The van der Waals surface area contributed by atoms with Gasteiger partial charge >= 0.3 is 6.01 Å². The summed E-state index contributed by atoms with van der Waals surface area (Å²) in [5.41, 5.74) is 1.73. The number of sulfonamides is 1. The van der Waals surface area contributed by atoms with E-state index in [9.17, 15) is 13.2 Å². The first kappa shape index (κ1) is 22.7. The second kappa shape index (κ2) is 9.53.